The fourth-order valence-corrected chi connectivity index (χ4v) is 3.11. The predicted octanol–water partition coefficient (Wildman–Crippen LogP) is 7.04. The smallest absolute Gasteiger partial charge is 0.0346 e. The van der Waals surface area contributed by atoms with Crippen molar-refractivity contribution in [2.45, 2.75) is 104 Å². The molecule has 0 spiro atoms. The van der Waals surface area contributed by atoms with Gasteiger partial charge in [0.25, 0.3) is 0 Å². The Balaban J connectivity index is 2.26. The van der Waals surface area contributed by atoms with Crippen molar-refractivity contribution in [1.82, 2.24) is 0 Å². The van der Waals surface area contributed by atoms with Gasteiger partial charge in [0, 0.05) is 0 Å². The first kappa shape index (κ1) is 16.8. The molecule has 1 aliphatic carbocycles. The van der Waals surface area contributed by atoms with Crippen LogP contribution in [0.15, 0.2) is 12.2 Å². The Morgan fingerprint density at radius 3 is 1.63 bits per heavy atom. The van der Waals surface area contributed by atoms with E-state index in [4.69, 9.17) is 0 Å². The normalized spacial score (nSPS) is 24.7. The van der Waals surface area contributed by atoms with Gasteiger partial charge >= 0.3 is 0 Å². The lowest BCUT2D eigenvalue weighted by atomic mass is 9.82. The van der Waals surface area contributed by atoms with E-state index in [2.05, 4.69) is 26.0 Å². The van der Waals surface area contributed by atoms with E-state index in [0.717, 1.165) is 0 Å². The van der Waals surface area contributed by atoms with Crippen LogP contribution in [0.5, 0.6) is 0 Å². The van der Waals surface area contributed by atoms with Crippen LogP contribution in [-0.2, 0) is 0 Å². The molecule has 112 valence electrons. The summed E-state index contributed by atoms with van der Waals surface area (Å²) in [6.07, 6.45) is 24.8. The second-order valence-corrected chi connectivity index (χ2v) is 7.25. The first-order valence-electron chi connectivity index (χ1n) is 8.86. The molecule has 0 heteroatoms. The average Bonchev–Trinajstić information content (AvgIpc) is 2.37. The summed E-state index contributed by atoms with van der Waals surface area (Å²) in [7, 11) is 0. The van der Waals surface area contributed by atoms with Gasteiger partial charge in [0.05, 0.1) is 0 Å². The summed E-state index contributed by atoms with van der Waals surface area (Å²) in [5.74, 6) is 0. The quantitative estimate of drug-likeness (QED) is 0.411. The van der Waals surface area contributed by atoms with Crippen molar-refractivity contribution in [1.29, 1.82) is 0 Å². The van der Waals surface area contributed by atoms with Crippen LogP contribution in [0.4, 0.5) is 0 Å². The minimum atomic E-state index is 0.554. The molecule has 0 aromatic heterocycles. The van der Waals surface area contributed by atoms with Gasteiger partial charge in [0.1, 0.15) is 0 Å². The fourth-order valence-electron chi connectivity index (χ4n) is 3.11. The maximum atomic E-state index is 2.45. The molecule has 0 nitrogen and oxygen atoms in total. The minimum Gasteiger partial charge on any atom is -0.0885 e. The Bertz CT molecular complexity index is 224. The van der Waals surface area contributed by atoms with Gasteiger partial charge < -0.3 is 0 Å². The van der Waals surface area contributed by atoms with E-state index in [1.807, 2.05) is 0 Å². The standard InChI is InChI=1S/C19H36/c1-19(2)17-15-13-11-9-7-5-3-4-6-8-10-12-14-16-18-19/h11,13H,3-10,12,14-18H2,1-2H3. The molecule has 0 fully saturated rings. The van der Waals surface area contributed by atoms with Gasteiger partial charge in [-0.1, -0.05) is 83.8 Å². The summed E-state index contributed by atoms with van der Waals surface area (Å²) in [6.45, 7) is 4.91. The predicted molar refractivity (Wildman–Crippen MR) is 87.6 cm³/mol. The largest absolute Gasteiger partial charge is 0.0885 e. The maximum Gasteiger partial charge on any atom is -0.0346 e. The summed E-state index contributed by atoms with van der Waals surface area (Å²) in [5, 5.41) is 0. The molecule has 1 rings (SSSR count). The van der Waals surface area contributed by atoms with Crippen LogP contribution in [-0.4, -0.2) is 0 Å². The zero-order chi connectivity index (χ0) is 13.8. The van der Waals surface area contributed by atoms with Crippen molar-refractivity contribution in [3.05, 3.63) is 12.2 Å². The Morgan fingerprint density at radius 1 is 0.526 bits per heavy atom. The first-order valence-corrected chi connectivity index (χ1v) is 8.86. The zero-order valence-electron chi connectivity index (χ0n) is 13.6. The second kappa shape index (κ2) is 10.5. The van der Waals surface area contributed by atoms with E-state index in [1.165, 1.54) is 89.9 Å². The van der Waals surface area contributed by atoms with Gasteiger partial charge in [0.2, 0.25) is 0 Å². The van der Waals surface area contributed by atoms with Crippen LogP contribution in [0.2, 0.25) is 0 Å². The molecular formula is C19H36. The molecule has 0 unspecified atom stereocenters. The number of hydrogen-bond donors (Lipinski definition) is 0. The summed E-state index contributed by atoms with van der Waals surface area (Å²) in [6, 6.07) is 0. The lowest BCUT2D eigenvalue weighted by Crippen LogP contribution is -2.10. The van der Waals surface area contributed by atoms with Crippen LogP contribution in [0, 0.1) is 5.41 Å². The molecule has 0 N–H and O–H groups in total. The average molecular weight is 264 g/mol. The molecule has 0 aromatic carbocycles. The maximum absolute atomic E-state index is 2.45. The van der Waals surface area contributed by atoms with E-state index in [9.17, 15) is 0 Å². The Morgan fingerprint density at radius 2 is 1.00 bits per heavy atom. The Kier molecular flexibility index (Phi) is 9.30. The van der Waals surface area contributed by atoms with Gasteiger partial charge in [-0.25, -0.2) is 0 Å². The van der Waals surface area contributed by atoms with Crippen molar-refractivity contribution in [3.63, 3.8) is 0 Å². The second-order valence-electron chi connectivity index (χ2n) is 7.25. The molecular weight excluding hydrogens is 228 g/mol. The molecule has 0 amide bonds. The lowest BCUT2D eigenvalue weighted by Gasteiger charge is -2.23. The van der Waals surface area contributed by atoms with Gasteiger partial charge in [-0.15, -0.1) is 0 Å². The van der Waals surface area contributed by atoms with Gasteiger partial charge in [-0.2, -0.15) is 0 Å². The van der Waals surface area contributed by atoms with E-state index >= 15 is 0 Å². The van der Waals surface area contributed by atoms with Crippen molar-refractivity contribution in [3.8, 4) is 0 Å². The van der Waals surface area contributed by atoms with Crippen molar-refractivity contribution in [2.24, 2.45) is 5.41 Å². The molecule has 0 aromatic rings. The molecule has 0 aliphatic heterocycles. The molecule has 0 heterocycles. The Hall–Kier alpha value is -0.260. The summed E-state index contributed by atoms with van der Waals surface area (Å²) >= 11 is 0. The van der Waals surface area contributed by atoms with E-state index in [-0.39, 0.29) is 0 Å². The van der Waals surface area contributed by atoms with Gasteiger partial charge in [-0.3, -0.25) is 0 Å². The third-order valence-electron chi connectivity index (χ3n) is 4.63. The fraction of sp³-hybridized carbons (Fsp3) is 0.895. The molecule has 1 aliphatic rings. The van der Waals surface area contributed by atoms with Crippen LogP contribution >= 0.6 is 0 Å². The molecule has 0 bridgehead atoms. The van der Waals surface area contributed by atoms with Gasteiger partial charge in [0.15, 0.2) is 0 Å². The van der Waals surface area contributed by atoms with Crippen LogP contribution in [0.3, 0.4) is 0 Å². The van der Waals surface area contributed by atoms with E-state index in [1.54, 1.807) is 0 Å². The van der Waals surface area contributed by atoms with Crippen LogP contribution in [0.1, 0.15) is 104 Å². The van der Waals surface area contributed by atoms with Gasteiger partial charge in [-0.05, 0) is 37.5 Å². The highest BCUT2D eigenvalue weighted by Crippen LogP contribution is 2.29. The first-order chi connectivity index (χ1) is 9.21. The monoisotopic (exact) mass is 264 g/mol. The topological polar surface area (TPSA) is 0 Å². The van der Waals surface area contributed by atoms with E-state index < -0.39 is 0 Å². The summed E-state index contributed by atoms with van der Waals surface area (Å²) in [5.41, 5.74) is 0.554. The van der Waals surface area contributed by atoms with Crippen molar-refractivity contribution in [2.75, 3.05) is 0 Å². The highest BCUT2D eigenvalue weighted by molar-refractivity contribution is 4.84. The molecule has 19 heavy (non-hydrogen) atoms. The highest BCUT2D eigenvalue weighted by atomic mass is 14.2. The van der Waals surface area contributed by atoms with Crippen molar-refractivity contribution >= 4 is 0 Å². The molecule has 0 radical (unpaired) electrons. The Labute approximate surface area is 122 Å². The number of rotatable bonds is 0. The molecule has 0 saturated carbocycles. The summed E-state index contributed by atoms with van der Waals surface area (Å²) in [4.78, 5) is 0. The zero-order valence-corrected chi connectivity index (χ0v) is 13.6. The number of allylic oxidation sites excluding steroid dienone is 2. The molecule has 0 saturated heterocycles. The van der Waals surface area contributed by atoms with Crippen LogP contribution in [0.25, 0.3) is 0 Å². The summed E-state index contributed by atoms with van der Waals surface area (Å²) < 4.78 is 0. The van der Waals surface area contributed by atoms with Crippen molar-refractivity contribution < 1.29 is 0 Å². The lowest BCUT2D eigenvalue weighted by molar-refractivity contribution is 0.296. The highest BCUT2D eigenvalue weighted by Gasteiger charge is 2.15. The third kappa shape index (κ3) is 10.2. The molecule has 0 atom stereocenters. The SMILES string of the molecule is CC1(C)CCC=CCCCCCCCCCCCC1. The minimum absolute atomic E-state index is 0.554. The van der Waals surface area contributed by atoms with Crippen LogP contribution < -0.4 is 0 Å². The number of hydrogen-bond acceptors (Lipinski definition) is 0. The third-order valence-corrected chi connectivity index (χ3v) is 4.63. The van der Waals surface area contributed by atoms with E-state index in [0.29, 0.717) is 5.41 Å².